The molecule has 0 saturated carbocycles. The second kappa shape index (κ2) is 7.35. The van der Waals surface area contributed by atoms with E-state index in [-0.39, 0.29) is 6.42 Å². The van der Waals surface area contributed by atoms with Crippen molar-refractivity contribution < 1.29 is 24.2 Å². The maximum atomic E-state index is 11.9. The lowest BCUT2D eigenvalue weighted by molar-refractivity contribution is -0.137. The zero-order chi connectivity index (χ0) is 16.9. The van der Waals surface area contributed by atoms with E-state index in [1.165, 1.54) is 7.11 Å². The Morgan fingerprint density at radius 1 is 1.36 bits per heavy atom. The molecule has 7 heteroatoms. The molecule has 1 aromatic rings. The molecule has 0 aliphatic carbocycles. The van der Waals surface area contributed by atoms with Gasteiger partial charge in [-0.3, -0.25) is 4.79 Å². The first-order valence-electron chi connectivity index (χ1n) is 6.67. The Kier molecular flexibility index (Phi) is 6.05. The van der Waals surface area contributed by atoms with E-state index in [1.54, 1.807) is 39.0 Å². The quantitative estimate of drug-likeness (QED) is 0.865. The standard InChI is InChI=1S/C15H20ClNO5/c1-15(2,3)22-14(20)17-10(8-12(18)19)13-9(16)6-5-7-11(13)21-4/h5-7,10H,8H2,1-4H3,(H,17,20)(H,18,19). The molecule has 122 valence electrons. The number of amides is 1. The lowest BCUT2D eigenvalue weighted by Gasteiger charge is -2.24. The van der Waals surface area contributed by atoms with Crippen LogP contribution in [0.15, 0.2) is 18.2 Å². The maximum Gasteiger partial charge on any atom is 0.408 e. The van der Waals surface area contributed by atoms with Gasteiger partial charge >= 0.3 is 12.1 Å². The molecule has 1 aromatic carbocycles. The molecule has 0 spiro atoms. The molecule has 0 heterocycles. The van der Waals surface area contributed by atoms with E-state index in [2.05, 4.69) is 5.32 Å². The molecule has 0 radical (unpaired) electrons. The summed E-state index contributed by atoms with van der Waals surface area (Å²) in [5.41, 5.74) is -0.289. The summed E-state index contributed by atoms with van der Waals surface area (Å²) in [5, 5.41) is 11.9. The van der Waals surface area contributed by atoms with E-state index in [0.29, 0.717) is 16.3 Å². The zero-order valence-corrected chi connectivity index (χ0v) is 13.7. The first-order chi connectivity index (χ1) is 10.1. The molecule has 0 fully saturated rings. The second-order valence-corrected chi connectivity index (χ2v) is 6.06. The number of alkyl carbamates (subject to hydrolysis) is 1. The third kappa shape index (κ3) is 5.44. The summed E-state index contributed by atoms with van der Waals surface area (Å²) in [4.78, 5) is 23.0. The van der Waals surface area contributed by atoms with Gasteiger partial charge < -0.3 is 19.9 Å². The van der Waals surface area contributed by atoms with E-state index in [1.807, 2.05) is 0 Å². The summed E-state index contributed by atoms with van der Waals surface area (Å²) in [6.45, 7) is 5.15. The fraction of sp³-hybridized carbons (Fsp3) is 0.467. The highest BCUT2D eigenvalue weighted by Gasteiger charge is 2.26. The number of ether oxygens (including phenoxy) is 2. The number of carbonyl (C=O) groups excluding carboxylic acids is 1. The van der Waals surface area contributed by atoms with Crippen LogP contribution in [0.2, 0.25) is 5.02 Å². The van der Waals surface area contributed by atoms with Crippen molar-refractivity contribution in [2.75, 3.05) is 7.11 Å². The lowest BCUT2D eigenvalue weighted by Crippen LogP contribution is -2.36. The normalized spacial score (nSPS) is 12.4. The van der Waals surface area contributed by atoms with Gasteiger partial charge in [0, 0.05) is 10.6 Å². The molecule has 0 bridgehead atoms. The van der Waals surface area contributed by atoms with E-state index < -0.39 is 23.7 Å². The summed E-state index contributed by atoms with van der Waals surface area (Å²) in [6.07, 6.45) is -1.07. The molecule has 2 N–H and O–H groups in total. The van der Waals surface area contributed by atoms with Gasteiger partial charge in [0.15, 0.2) is 0 Å². The maximum absolute atomic E-state index is 11.9. The smallest absolute Gasteiger partial charge is 0.408 e. The van der Waals surface area contributed by atoms with Crippen LogP contribution in [0.4, 0.5) is 4.79 Å². The molecular formula is C15H20ClNO5. The van der Waals surface area contributed by atoms with E-state index in [4.69, 9.17) is 26.2 Å². The topological polar surface area (TPSA) is 84.9 Å². The Hall–Kier alpha value is -1.95. The number of nitrogens with one attached hydrogen (secondary N) is 1. The zero-order valence-electron chi connectivity index (χ0n) is 13.0. The molecule has 0 aliphatic rings. The van der Waals surface area contributed by atoms with Crippen molar-refractivity contribution in [3.8, 4) is 5.75 Å². The predicted octanol–water partition coefficient (Wildman–Crippen LogP) is 3.39. The molecular weight excluding hydrogens is 310 g/mol. The molecule has 1 atom stereocenters. The molecule has 6 nitrogen and oxygen atoms in total. The molecule has 0 aliphatic heterocycles. The number of benzene rings is 1. The number of halogens is 1. The van der Waals surface area contributed by atoms with Gasteiger partial charge in [0.05, 0.1) is 19.6 Å². The minimum Gasteiger partial charge on any atom is -0.496 e. The fourth-order valence-electron chi connectivity index (χ4n) is 1.88. The first kappa shape index (κ1) is 18.1. The van der Waals surface area contributed by atoms with Crippen molar-refractivity contribution >= 4 is 23.7 Å². The van der Waals surface area contributed by atoms with Gasteiger partial charge in [0.25, 0.3) is 0 Å². The summed E-state index contributed by atoms with van der Waals surface area (Å²) in [6, 6.07) is 4.06. The van der Waals surface area contributed by atoms with Crippen LogP contribution in [-0.2, 0) is 9.53 Å². The first-order valence-corrected chi connectivity index (χ1v) is 7.05. The van der Waals surface area contributed by atoms with Crippen molar-refractivity contribution in [1.82, 2.24) is 5.32 Å². The number of carboxylic acid groups (broad SMARTS) is 1. The van der Waals surface area contributed by atoms with Gasteiger partial charge in [-0.1, -0.05) is 17.7 Å². The Bertz CT molecular complexity index is 553. The summed E-state index contributed by atoms with van der Waals surface area (Å²) < 4.78 is 10.4. The molecule has 22 heavy (non-hydrogen) atoms. The molecule has 1 unspecified atom stereocenters. The van der Waals surface area contributed by atoms with Crippen LogP contribution < -0.4 is 10.1 Å². The highest BCUT2D eigenvalue weighted by atomic mass is 35.5. The van der Waals surface area contributed by atoms with E-state index >= 15 is 0 Å². The number of methoxy groups -OCH3 is 1. The van der Waals surface area contributed by atoms with Crippen molar-refractivity contribution in [3.63, 3.8) is 0 Å². The van der Waals surface area contributed by atoms with Crippen molar-refractivity contribution in [1.29, 1.82) is 0 Å². The molecule has 0 saturated heterocycles. The SMILES string of the molecule is COc1cccc(Cl)c1C(CC(=O)O)NC(=O)OC(C)(C)C. The van der Waals surface area contributed by atoms with Gasteiger partial charge in [-0.15, -0.1) is 0 Å². The monoisotopic (exact) mass is 329 g/mol. The van der Waals surface area contributed by atoms with Crippen molar-refractivity contribution in [2.45, 2.75) is 38.8 Å². The Balaban J connectivity index is 3.09. The van der Waals surface area contributed by atoms with Gasteiger partial charge in [0.2, 0.25) is 0 Å². The number of hydrogen-bond donors (Lipinski definition) is 2. The third-order valence-corrected chi connectivity index (χ3v) is 2.98. The van der Waals surface area contributed by atoms with Crippen LogP contribution in [0, 0.1) is 0 Å². The van der Waals surface area contributed by atoms with Gasteiger partial charge in [-0.2, -0.15) is 0 Å². The number of aliphatic carboxylic acids is 1. The largest absolute Gasteiger partial charge is 0.496 e. The lowest BCUT2D eigenvalue weighted by atomic mass is 10.0. The Morgan fingerprint density at radius 2 is 2.00 bits per heavy atom. The molecule has 1 amide bonds. The highest BCUT2D eigenvalue weighted by molar-refractivity contribution is 6.31. The van der Waals surface area contributed by atoms with Gasteiger partial charge in [0.1, 0.15) is 11.4 Å². The Labute approximate surface area is 134 Å². The number of carboxylic acids is 1. The molecule has 0 aromatic heterocycles. The van der Waals surface area contributed by atoms with Crippen LogP contribution in [0.3, 0.4) is 0 Å². The van der Waals surface area contributed by atoms with Crippen LogP contribution in [-0.4, -0.2) is 29.9 Å². The Morgan fingerprint density at radius 3 is 2.50 bits per heavy atom. The van der Waals surface area contributed by atoms with E-state index in [9.17, 15) is 9.59 Å². The number of hydrogen-bond acceptors (Lipinski definition) is 4. The average molecular weight is 330 g/mol. The average Bonchev–Trinajstić information content (AvgIpc) is 2.34. The minimum absolute atomic E-state index is 0.307. The number of rotatable bonds is 5. The summed E-state index contributed by atoms with van der Waals surface area (Å²) >= 11 is 6.14. The predicted molar refractivity (Wildman–Crippen MR) is 82.4 cm³/mol. The van der Waals surface area contributed by atoms with Crippen molar-refractivity contribution in [2.24, 2.45) is 0 Å². The highest BCUT2D eigenvalue weighted by Crippen LogP contribution is 2.34. The van der Waals surface area contributed by atoms with Crippen LogP contribution in [0.5, 0.6) is 5.75 Å². The van der Waals surface area contributed by atoms with Crippen LogP contribution in [0.1, 0.15) is 38.8 Å². The van der Waals surface area contributed by atoms with E-state index in [0.717, 1.165) is 0 Å². The summed E-state index contributed by atoms with van der Waals surface area (Å²) in [5.74, 6) is -0.683. The minimum atomic E-state index is -1.08. The number of carbonyl (C=O) groups is 2. The van der Waals surface area contributed by atoms with Gasteiger partial charge in [-0.05, 0) is 32.9 Å². The van der Waals surface area contributed by atoms with Crippen LogP contribution in [0.25, 0.3) is 0 Å². The third-order valence-electron chi connectivity index (χ3n) is 2.65. The fourth-order valence-corrected chi connectivity index (χ4v) is 2.18. The van der Waals surface area contributed by atoms with Gasteiger partial charge in [-0.25, -0.2) is 4.79 Å². The molecule has 1 rings (SSSR count). The summed E-state index contributed by atoms with van der Waals surface area (Å²) in [7, 11) is 1.44. The van der Waals surface area contributed by atoms with Crippen LogP contribution >= 0.6 is 11.6 Å². The van der Waals surface area contributed by atoms with Crippen molar-refractivity contribution in [3.05, 3.63) is 28.8 Å². The second-order valence-electron chi connectivity index (χ2n) is 5.65.